The molecule has 0 radical (unpaired) electrons. The molecule has 1 atom stereocenters. The molecule has 0 unspecified atom stereocenters. The number of nitrogens with zero attached hydrogens (tertiary/aromatic N) is 1. The van der Waals surface area contributed by atoms with E-state index in [1.165, 1.54) is 27.8 Å². The van der Waals surface area contributed by atoms with E-state index < -0.39 is 0 Å². The van der Waals surface area contributed by atoms with Crippen molar-refractivity contribution in [1.82, 2.24) is 15.3 Å². The first-order valence-electron chi connectivity index (χ1n) is 10.4. The van der Waals surface area contributed by atoms with Crippen LogP contribution in [0, 0.1) is 0 Å². The van der Waals surface area contributed by atoms with Gasteiger partial charge in [-0.3, -0.25) is 0 Å². The van der Waals surface area contributed by atoms with Crippen LogP contribution >= 0.6 is 11.8 Å². The molecule has 1 aliphatic rings. The summed E-state index contributed by atoms with van der Waals surface area (Å²) in [5, 5.41) is 5.96. The SMILES string of the molecule is COc1ccc2[nH]c3c(c2c1)CCN[C@H]3c1ccc(OC)c(CSc2ccccn2)c1. The first-order chi connectivity index (χ1) is 15.3. The second-order valence-electron chi connectivity index (χ2n) is 7.59. The van der Waals surface area contributed by atoms with Gasteiger partial charge in [0.25, 0.3) is 0 Å². The summed E-state index contributed by atoms with van der Waals surface area (Å²) >= 11 is 1.72. The number of nitrogens with one attached hydrogen (secondary N) is 2. The summed E-state index contributed by atoms with van der Waals surface area (Å²) in [7, 11) is 3.44. The number of ether oxygens (including phenoxy) is 2. The average Bonchev–Trinajstić information content (AvgIpc) is 3.21. The Morgan fingerprint density at radius 1 is 1.06 bits per heavy atom. The Labute approximate surface area is 186 Å². The maximum absolute atomic E-state index is 5.64. The van der Waals surface area contributed by atoms with E-state index in [0.29, 0.717) is 0 Å². The summed E-state index contributed by atoms with van der Waals surface area (Å²) in [6.07, 6.45) is 2.83. The summed E-state index contributed by atoms with van der Waals surface area (Å²) in [5.74, 6) is 2.60. The van der Waals surface area contributed by atoms with Crippen LogP contribution in [0.3, 0.4) is 0 Å². The lowest BCUT2D eigenvalue weighted by Crippen LogP contribution is -2.30. The number of fused-ring (bicyclic) bond motifs is 3. The Kier molecular flexibility index (Phi) is 5.57. The highest BCUT2D eigenvalue weighted by Gasteiger charge is 2.26. The lowest BCUT2D eigenvalue weighted by molar-refractivity contribution is 0.411. The summed E-state index contributed by atoms with van der Waals surface area (Å²) in [4.78, 5) is 8.08. The number of aromatic nitrogens is 2. The molecule has 0 spiro atoms. The van der Waals surface area contributed by atoms with Crippen LogP contribution in [0.4, 0.5) is 0 Å². The second-order valence-corrected chi connectivity index (χ2v) is 8.59. The predicted molar refractivity (Wildman–Crippen MR) is 125 cm³/mol. The highest BCUT2D eigenvalue weighted by molar-refractivity contribution is 7.98. The molecule has 0 bridgehead atoms. The lowest BCUT2D eigenvalue weighted by Gasteiger charge is -2.25. The molecule has 5 rings (SSSR count). The maximum atomic E-state index is 5.64. The maximum Gasteiger partial charge on any atom is 0.122 e. The van der Waals surface area contributed by atoms with Crippen LogP contribution in [0.1, 0.15) is 28.4 Å². The van der Waals surface area contributed by atoms with E-state index >= 15 is 0 Å². The number of hydrogen-bond acceptors (Lipinski definition) is 5. The molecule has 3 heterocycles. The number of rotatable bonds is 6. The van der Waals surface area contributed by atoms with Crippen LogP contribution in [0.2, 0.25) is 0 Å². The Morgan fingerprint density at radius 3 is 2.81 bits per heavy atom. The van der Waals surface area contributed by atoms with Gasteiger partial charge >= 0.3 is 0 Å². The molecule has 0 amide bonds. The zero-order valence-electron chi connectivity index (χ0n) is 17.6. The zero-order valence-corrected chi connectivity index (χ0v) is 18.5. The summed E-state index contributed by atoms with van der Waals surface area (Å²) in [6, 6.07) is 18.8. The highest BCUT2D eigenvalue weighted by atomic mass is 32.2. The number of methoxy groups -OCH3 is 2. The van der Waals surface area contributed by atoms with E-state index in [-0.39, 0.29) is 6.04 Å². The number of pyridine rings is 1. The van der Waals surface area contributed by atoms with Gasteiger partial charge in [0.1, 0.15) is 11.5 Å². The van der Waals surface area contributed by atoms with Crippen molar-refractivity contribution >= 4 is 22.7 Å². The van der Waals surface area contributed by atoms with Gasteiger partial charge in [-0.05, 0) is 60.0 Å². The molecule has 31 heavy (non-hydrogen) atoms. The fraction of sp³-hybridized carbons (Fsp3) is 0.240. The molecule has 2 aromatic heterocycles. The van der Waals surface area contributed by atoms with Gasteiger partial charge in [0, 0.05) is 40.7 Å². The predicted octanol–water partition coefficient (Wildman–Crippen LogP) is 5.11. The monoisotopic (exact) mass is 431 g/mol. The zero-order chi connectivity index (χ0) is 21.2. The number of hydrogen-bond donors (Lipinski definition) is 2. The fourth-order valence-electron chi connectivity index (χ4n) is 4.29. The van der Waals surface area contributed by atoms with Crippen molar-refractivity contribution in [2.24, 2.45) is 0 Å². The molecule has 0 aliphatic carbocycles. The van der Waals surface area contributed by atoms with E-state index in [2.05, 4.69) is 45.6 Å². The minimum Gasteiger partial charge on any atom is -0.497 e. The van der Waals surface area contributed by atoms with Gasteiger partial charge in [-0.25, -0.2) is 4.98 Å². The van der Waals surface area contributed by atoms with Crippen molar-refractivity contribution in [1.29, 1.82) is 0 Å². The van der Waals surface area contributed by atoms with E-state index in [9.17, 15) is 0 Å². The van der Waals surface area contributed by atoms with Crippen LogP contribution in [-0.2, 0) is 12.2 Å². The molecule has 1 aliphatic heterocycles. The molecule has 6 heteroatoms. The Balaban J connectivity index is 1.49. The van der Waals surface area contributed by atoms with Crippen molar-refractivity contribution in [3.63, 3.8) is 0 Å². The Morgan fingerprint density at radius 2 is 2.00 bits per heavy atom. The average molecular weight is 432 g/mol. The van der Waals surface area contributed by atoms with Crippen LogP contribution in [0.25, 0.3) is 10.9 Å². The van der Waals surface area contributed by atoms with Crippen LogP contribution in [0.5, 0.6) is 11.5 Å². The van der Waals surface area contributed by atoms with Crippen LogP contribution in [-0.4, -0.2) is 30.7 Å². The van der Waals surface area contributed by atoms with Crippen LogP contribution < -0.4 is 14.8 Å². The summed E-state index contributed by atoms with van der Waals surface area (Å²) in [5.41, 5.74) is 6.17. The Bertz CT molecular complexity index is 1210. The number of thioether (sulfide) groups is 1. The van der Waals surface area contributed by atoms with E-state index in [1.54, 1.807) is 26.0 Å². The smallest absolute Gasteiger partial charge is 0.122 e. The number of benzene rings is 2. The standard InChI is InChI=1S/C25H25N3O2S/c1-29-18-7-8-21-20(14-18)19-10-12-27-24(25(19)28-21)16-6-9-22(30-2)17(13-16)15-31-23-5-3-4-11-26-23/h3-9,11,13-14,24,27-28H,10,12,15H2,1-2H3/t24-/m0/s1. The molecule has 0 saturated carbocycles. The van der Waals surface area contributed by atoms with E-state index in [4.69, 9.17) is 9.47 Å². The molecule has 0 saturated heterocycles. The minimum atomic E-state index is 0.117. The second kappa shape index (κ2) is 8.65. The summed E-state index contributed by atoms with van der Waals surface area (Å²) in [6.45, 7) is 0.936. The quantitative estimate of drug-likeness (QED) is 0.416. The van der Waals surface area contributed by atoms with Gasteiger partial charge in [-0.2, -0.15) is 0 Å². The molecular formula is C25H25N3O2S. The van der Waals surface area contributed by atoms with Crippen molar-refractivity contribution < 1.29 is 9.47 Å². The molecule has 2 N–H and O–H groups in total. The van der Waals surface area contributed by atoms with E-state index in [0.717, 1.165) is 40.8 Å². The first kappa shape index (κ1) is 20.0. The largest absolute Gasteiger partial charge is 0.497 e. The normalized spacial score (nSPS) is 15.6. The molecule has 0 fully saturated rings. The van der Waals surface area contributed by atoms with Gasteiger partial charge in [0.2, 0.25) is 0 Å². The third kappa shape index (κ3) is 3.89. The molecule has 5 nitrogen and oxygen atoms in total. The molecular weight excluding hydrogens is 406 g/mol. The minimum absolute atomic E-state index is 0.117. The van der Waals surface area contributed by atoms with E-state index in [1.807, 2.05) is 30.5 Å². The van der Waals surface area contributed by atoms with Crippen molar-refractivity contribution in [3.05, 3.63) is 83.2 Å². The van der Waals surface area contributed by atoms with Gasteiger partial charge in [-0.1, -0.05) is 12.1 Å². The number of H-pyrrole nitrogens is 1. The van der Waals surface area contributed by atoms with Crippen LogP contribution in [0.15, 0.2) is 65.8 Å². The van der Waals surface area contributed by atoms with Crippen molar-refractivity contribution in [2.45, 2.75) is 23.2 Å². The third-order valence-electron chi connectivity index (χ3n) is 5.81. The summed E-state index contributed by atoms with van der Waals surface area (Å²) < 4.78 is 11.1. The van der Waals surface area contributed by atoms with Gasteiger partial charge < -0.3 is 19.8 Å². The topological polar surface area (TPSA) is 59.2 Å². The molecule has 158 valence electrons. The number of aromatic amines is 1. The third-order valence-corrected chi connectivity index (χ3v) is 6.80. The van der Waals surface area contributed by atoms with Gasteiger partial charge in [0.15, 0.2) is 0 Å². The fourth-order valence-corrected chi connectivity index (χ4v) is 5.13. The molecule has 4 aromatic rings. The first-order valence-corrected chi connectivity index (χ1v) is 11.4. The molecule has 2 aromatic carbocycles. The lowest BCUT2D eigenvalue weighted by atomic mass is 9.93. The van der Waals surface area contributed by atoms with Gasteiger partial charge in [-0.15, -0.1) is 11.8 Å². The Hall–Kier alpha value is -2.96. The van der Waals surface area contributed by atoms with Gasteiger partial charge in [0.05, 0.1) is 25.3 Å². The van der Waals surface area contributed by atoms with Crippen molar-refractivity contribution in [3.8, 4) is 11.5 Å². The highest BCUT2D eigenvalue weighted by Crippen LogP contribution is 2.37. The van der Waals surface area contributed by atoms with Crippen molar-refractivity contribution in [2.75, 3.05) is 20.8 Å².